The first-order valence-corrected chi connectivity index (χ1v) is 10.9. The molecule has 1 heterocycles. The fourth-order valence-electron chi connectivity index (χ4n) is 3.15. The van der Waals surface area contributed by atoms with E-state index in [1.807, 2.05) is 0 Å². The lowest BCUT2D eigenvalue weighted by molar-refractivity contribution is 0.249. The van der Waals surface area contributed by atoms with Crippen molar-refractivity contribution in [1.29, 1.82) is 0 Å². The van der Waals surface area contributed by atoms with Crippen LogP contribution in [0.25, 0.3) is 0 Å². The highest BCUT2D eigenvalue weighted by Crippen LogP contribution is 2.21. The summed E-state index contributed by atoms with van der Waals surface area (Å²) < 4.78 is 27.9. The van der Waals surface area contributed by atoms with E-state index in [-0.39, 0.29) is 12.4 Å². The molecular weight excluding hydrogens is 436 g/mol. The summed E-state index contributed by atoms with van der Waals surface area (Å²) in [6, 6.07) is 15.5. The molecule has 4 nitrogen and oxygen atoms in total. The van der Waals surface area contributed by atoms with E-state index in [0.29, 0.717) is 15.9 Å². The van der Waals surface area contributed by atoms with E-state index >= 15 is 0 Å². The number of unbranched alkanes of at least 4 members (excludes halogenated alkanes) is 1. The summed E-state index contributed by atoms with van der Waals surface area (Å²) in [5, 5.41) is 0. The van der Waals surface area contributed by atoms with Crippen molar-refractivity contribution < 1.29 is 8.42 Å². The Labute approximate surface area is 170 Å². The van der Waals surface area contributed by atoms with Crippen LogP contribution in [0.4, 0.5) is 0 Å². The Morgan fingerprint density at radius 1 is 1.00 bits per heavy atom. The zero-order chi connectivity index (χ0) is 17.7. The topological polar surface area (TPSA) is 49.4 Å². The minimum atomic E-state index is -3.45. The molecular formula is C19H24BrClN2O2S. The third-order valence-corrected chi connectivity index (χ3v) is 7.00. The van der Waals surface area contributed by atoms with Gasteiger partial charge in [0.2, 0.25) is 10.0 Å². The summed E-state index contributed by atoms with van der Waals surface area (Å²) in [5.74, 6) is 0. The van der Waals surface area contributed by atoms with Crippen LogP contribution in [0.15, 0.2) is 57.9 Å². The molecule has 0 saturated carbocycles. The first kappa shape index (κ1) is 21.4. The van der Waals surface area contributed by atoms with Crippen molar-refractivity contribution in [2.75, 3.05) is 19.6 Å². The molecule has 2 aromatic carbocycles. The number of halogens is 2. The van der Waals surface area contributed by atoms with Crippen LogP contribution in [0.1, 0.15) is 24.0 Å². The van der Waals surface area contributed by atoms with Gasteiger partial charge in [0.25, 0.3) is 0 Å². The lowest BCUT2D eigenvalue weighted by Crippen LogP contribution is -2.32. The van der Waals surface area contributed by atoms with Gasteiger partial charge in [-0.1, -0.05) is 36.4 Å². The Balaban J connectivity index is 0.00000243. The maximum Gasteiger partial charge on any atom is 0.241 e. The van der Waals surface area contributed by atoms with E-state index in [1.165, 1.54) is 11.1 Å². The molecule has 3 rings (SSSR count). The lowest BCUT2D eigenvalue weighted by Gasteiger charge is -2.28. The van der Waals surface area contributed by atoms with E-state index in [2.05, 4.69) is 49.8 Å². The van der Waals surface area contributed by atoms with E-state index in [0.717, 1.165) is 38.9 Å². The molecule has 0 radical (unpaired) electrons. The highest BCUT2D eigenvalue weighted by Gasteiger charge is 2.17. The summed E-state index contributed by atoms with van der Waals surface area (Å²) in [6.45, 7) is 3.55. The fraction of sp³-hybridized carbons (Fsp3) is 0.368. The SMILES string of the molecule is Cl.O=S(=O)(NCCCCN1CCc2ccccc2C1)c1ccccc1Br. The number of fused-ring (bicyclic) bond motifs is 1. The monoisotopic (exact) mass is 458 g/mol. The summed E-state index contributed by atoms with van der Waals surface area (Å²) >= 11 is 3.29. The normalized spacial score (nSPS) is 14.5. The second-order valence-corrected chi connectivity index (χ2v) is 8.92. The van der Waals surface area contributed by atoms with Crippen molar-refractivity contribution in [1.82, 2.24) is 9.62 Å². The molecule has 0 aliphatic carbocycles. The molecule has 1 aliphatic rings. The molecule has 0 saturated heterocycles. The first-order valence-electron chi connectivity index (χ1n) is 8.59. The lowest BCUT2D eigenvalue weighted by atomic mass is 10.00. The summed E-state index contributed by atoms with van der Waals surface area (Å²) in [7, 11) is -3.45. The quantitative estimate of drug-likeness (QED) is 0.637. The van der Waals surface area contributed by atoms with Crippen LogP contribution >= 0.6 is 28.3 Å². The maximum atomic E-state index is 12.3. The molecule has 142 valence electrons. The molecule has 2 aromatic rings. The Bertz CT molecular complexity index is 830. The summed E-state index contributed by atoms with van der Waals surface area (Å²) in [6.07, 6.45) is 2.92. The van der Waals surface area contributed by atoms with Gasteiger partial charge in [0.15, 0.2) is 0 Å². The summed E-state index contributed by atoms with van der Waals surface area (Å²) in [4.78, 5) is 2.74. The summed E-state index contributed by atoms with van der Waals surface area (Å²) in [5.41, 5.74) is 2.88. The molecule has 0 amide bonds. The average Bonchev–Trinajstić information content (AvgIpc) is 2.61. The molecule has 1 N–H and O–H groups in total. The van der Waals surface area contributed by atoms with Gasteiger partial charge in [-0.15, -0.1) is 12.4 Å². The zero-order valence-corrected chi connectivity index (χ0v) is 17.7. The Morgan fingerprint density at radius 2 is 1.69 bits per heavy atom. The van der Waals surface area contributed by atoms with Crippen LogP contribution in [-0.2, 0) is 23.0 Å². The number of hydrogen-bond acceptors (Lipinski definition) is 3. The number of benzene rings is 2. The maximum absolute atomic E-state index is 12.3. The fourth-order valence-corrected chi connectivity index (χ4v) is 5.23. The minimum absolute atomic E-state index is 0. The van der Waals surface area contributed by atoms with Crippen molar-refractivity contribution in [2.24, 2.45) is 0 Å². The van der Waals surface area contributed by atoms with Gasteiger partial charge in [0.05, 0.1) is 4.90 Å². The molecule has 0 spiro atoms. The van der Waals surface area contributed by atoms with Crippen molar-refractivity contribution in [3.63, 3.8) is 0 Å². The molecule has 0 aromatic heterocycles. The van der Waals surface area contributed by atoms with Gasteiger partial charge < -0.3 is 0 Å². The first-order chi connectivity index (χ1) is 12.1. The minimum Gasteiger partial charge on any atom is -0.299 e. The second-order valence-electron chi connectivity index (χ2n) is 6.33. The van der Waals surface area contributed by atoms with Crippen molar-refractivity contribution in [3.8, 4) is 0 Å². The van der Waals surface area contributed by atoms with Crippen molar-refractivity contribution in [3.05, 3.63) is 64.1 Å². The zero-order valence-electron chi connectivity index (χ0n) is 14.5. The largest absolute Gasteiger partial charge is 0.299 e. The predicted octanol–water partition coefficient (Wildman–Crippen LogP) is 3.99. The van der Waals surface area contributed by atoms with Gasteiger partial charge in [-0.05, 0) is 65.0 Å². The Kier molecular flexibility index (Phi) is 8.10. The number of nitrogens with one attached hydrogen (secondary N) is 1. The molecule has 0 bridgehead atoms. The smallest absolute Gasteiger partial charge is 0.241 e. The van der Waals surface area contributed by atoms with Crippen LogP contribution in [0, 0.1) is 0 Å². The Hall–Kier alpha value is -0.920. The van der Waals surface area contributed by atoms with Crippen molar-refractivity contribution >= 4 is 38.4 Å². The highest BCUT2D eigenvalue weighted by atomic mass is 79.9. The second kappa shape index (κ2) is 9.85. The van der Waals surface area contributed by atoms with Gasteiger partial charge >= 0.3 is 0 Å². The highest BCUT2D eigenvalue weighted by molar-refractivity contribution is 9.10. The number of sulfonamides is 1. The number of nitrogens with zero attached hydrogens (tertiary/aromatic N) is 1. The van der Waals surface area contributed by atoms with Gasteiger partial charge in [-0.2, -0.15) is 0 Å². The van der Waals surface area contributed by atoms with Crippen molar-refractivity contribution in [2.45, 2.75) is 30.7 Å². The van der Waals surface area contributed by atoms with E-state index < -0.39 is 10.0 Å². The third kappa shape index (κ3) is 5.54. The average molecular weight is 460 g/mol. The van der Waals surface area contributed by atoms with Crippen LogP contribution in [0.3, 0.4) is 0 Å². The van der Waals surface area contributed by atoms with Crippen LogP contribution in [0.2, 0.25) is 0 Å². The third-order valence-electron chi connectivity index (χ3n) is 4.53. The van der Waals surface area contributed by atoms with E-state index in [1.54, 1.807) is 24.3 Å². The molecule has 0 atom stereocenters. The van der Waals surface area contributed by atoms with Gasteiger partial charge in [-0.3, -0.25) is 4.90 Å². The molecule has 0 unspecified atom stereocenters. The van der Waals surface area contributed by atoms with E-state index in [4.69, 9.17) is 0 Å². The predicted molar refractivity (Wildman–Crippen MR) is 111 cm³/mol. The molecule has 26 heavy (non-hydrogen) atoms. The Morgan fingerprint density at radius 3 is 2.46 bits per heavy atom. The van der Waals surface area contributed by atoms with Crippen LogP contribution < -0.4 is 4.72 Å². The molecule has 1 aliphatic heterocycles. The van der Waals surface area contributed by atoms with Gasteiger partial charge in [-0.25, -0.2) is 13.1 Å². The molecule has 7 heteroatoms. The van der Waals surface area contributed by atoms with E-state index in [9.17, 15) is 8.42 Å². The number of rotatable bonds is 7. The van der Waals surface area contributed by atoms with Gasteiger partial charge in [0.1, 0.15) is 0 Å². The van der Waals surface area contributed by atoms with Crippen LogP contribution in [-0.4, -0.2) is 33.0 Å². The van der Waals surface area contributed by atoms with Gasteiger partial charge in [0, 0.05) is 24.1 Å². The number of hydrogen-bond donors (Lipinski definition) is 1. The molecule has 0 fully saturated rings. The van der Waals surface area contributed by atoms with Crippen LogP contribution in [0.5, 0.6) is 0 Å². The standard InChI is InChI=1S/C19H23BrN2O2S.ClH/c20-18-9-3-4-10-19(18)25(23,24)21-12-5-6-13-22-14-11-16-7-1-2-8-17(16)15-22;/h1-4,7-10,21H,5-6,11-15H2;1H.